The lowest BCUT2D eigenvalue weighted by Crippen LogP contribution is -2.36. The minimum Gasteiger partial charge on any atom is -0.391 e. The zero-order valence-corrected chi connectivity index (χ0v) is 11.9. The Bertz CT molecular complexity index is 579. The third-order valence-electron chi connectivity index (χ3n) is 3.69. The molecular formula is C15H21N3O2. The molecule has 1 heterocycles. The molecule has 2 atom stereocenters. The maximum atomic E-state index is 11.9. The number of rotatable bonds is 6. The molecule has 2 aromatic rings. The summed E-state index contributed by atoms with van der Waals surface area (Å²) in [6.07, 6.45) is 0.637. The van der Waals surface area contributed by atoms with E-state index < -0.39 is 6.10 Å². The number of para-hydroxylation sites is 1. The molecule has 0 aliphatic heterocycles. The minimum absolute atomic E-state index is 0.109. The first-order valence-electron chi connectivity index (χ1n) is 6.98. The van der Waals surface area contributed by atoms with Crippen molar-refractivity contribution in [2.45, 2.75) is 32.8 Å². The van der Waals surface area contributed by atoms with Crippen LogP contribution in [-0.2, 0) is 11.2 Å². The van der Waals surface area contributed by atoms with E-state index in [1.807, 2.05) is 38.1 Å². The predicted molar refractivity (Wildman–Crippen MR) is 78.3 cm³/mol. The molecule has 0 radical (unpaired) electrons. The van der Waals surface area contributed by atoms with Crippen LogP contribution in [0.15, 0.2) is 24.3 Å². The molecule has 0 aliphatic carbocycles. The van der Waals surface area contributed by atoms with Crippen molar-refractivity contribution in [1.29, 1.82) is 0 Å². The van der Waals surface area contributed by atoms with Crippen LogP contribution in [0.5, 0.6) is 0 Å². The number of hydrogen-bond acceptors (Lipinski definition) is 3. The van der Waals surface area contributed by atoms with E-state index in [0.717, 1.165) is 23.0 Å². The van der Waals surface area contributed by atoms with Gasteiger partial charge in [-0.1, -0.05) is 38.5 Å². The topological polar surface area (TPSA) is 78.0 Å². The molecule has 0 saturated heterocycles. The van der Waals surface area contributed by atoms with Crippen LogP contribution < -0.4 is 5.32 Å². The summed E-state index contributed by atoms with van der Waals surface area (Å²) in [6, 6.07) is 7.68. The van der Waals surface area contributed by atoms with E-state index in [1.54, 1.807) is 0 Å². The highest BCUT2D eigenvalue weighted by molar-refractivity contribution is 5.87. The Hall–Kier alpha value is -1.88. The second-order valence-corrected chi connectivity index (χ2v) is 5.15. The van der Waals surface area contributed by atoms with Crippen molar-refractivity contribution in [1.82, 2.24) is 15.5 Å². The predicted octanol–water partition coefficient (Wildman–Crippen LogP) is 1.63. The summed E-state index contributed by atoms with van der Waals surface area (Å²) in [7, 11) is 0. The van der Waals surface area contributed by atoms with Gasteiger partial charge in [0, 0.05) is 11.9 Å². The summed E-state index contributed by atoms with van der Waals surface area (Å²) in [5, 5.41) is 20.6. The van der Waals surface area contributed by atoms with Gasteiger partial charge < -0.3 is 10.4 Å². The maximum Gasteiger partial charge on any atom is 0.226 e. The van der Waals surface area contributed by atoms with Crippen molar-refractivity contribution in [3.63, 3.8) is 0 Å². The average Bonchev–Trinajstić information content (AvgIpc) is 2.87. The van der Waals surface area contributed by atoms with Gasteiger partial charge in [-0.05, 0) is 12.0 Å². The third kappa shape index (κ3) is 3.36. The Balaban J connectivity index is 1.92. The molecule has 5 heteroatoms. The number of aliphatic hydroxyl groups excluding tert-OH is 1. The number of benzene rings is 1. The first kappa shape index (κ1) is 14.5. The molecule has 108 valence electrons. The van der Waals surface area contributed by atoms with Gasteiger partial charge in [0.25, 0.3) is 0 Å². The molecule has 0 saturated carbocycles. The molecule has 2 rings (SSSR count). The van der Waals surface area contributed by atoms with Gasteiger partial charge in [0.2, 0.25) is 5.91 Å². The molecule has 2 unspecified atom stereocenters. The number of aromatic nitrogens is 2. The maximum absolute atomic E-state index is 11.9. The fraction of sp³-hybridized carbons (Fsp3) is 0.467. The monoisotopic (exact) mass is 275 g/mol. The van der Waals surface area contributed by atoms with Gasteiger partial charge in [-0.2, -0.15) is 5.10 Å². The number of nitrogens with one attached hydrogen (secondary N) is 2. The van der Waals surface area contributed by atoms with Crippen molar-refractivity contribution < 1.29 is 9.90 Å². The van der Waals surface area contributed by atoms with E-state index >= 15 is 0 Å². The van der Waals surface area contributed by atoms with Crippen LogP contribution in [-0.4, -0.2) is 33.9 Å². The number of aliphatic hydroxyl groups is 1. The Labute approximate surface area is 118 Å². The zero-order chi connectivity index (χ0) is 14.5. The molecule has 0 fully saturated rings. The van der Waals surface area contributed by atoms with Crippen LogP contribution in [0.3, 0.4) is 0 Å². The van der Waals surface area contributed by atoms with Crippen molar-refractivity contribution in [2.75, 3.05) is 6.54 Å². The second kappa shape index (κ2) is 6.52. The highest BCUT2D eigenvalue weighted by Gasteiger charge is 2.14. The Morgan fingerprint density at radius 3 is 2.95 bits per heavy atom. The van der Waals surface area contributed by atoms with E-state index in [0.29, 0.717) is 6.54 Å². The third-order valence-corrected chi connectivity index (χ3v) is 3.69. The van der Waals surface area contributed by atoms with Gasteiger partial charge in [0.1, 0.15) is 0 Å². The van der Waals surface area contributed by atoms with Crippen LogP contribution in [0.4, 0.5) is 0 Å². The van der Waals surface area contributed by atoms with Gasteiger partial charge in [0.05, 0.1) is 23.7 Å². The smallest absolute Gasteiger partial charge is 0.226 e. The first-order chi connectivity index (χ1) is 9.61. The summed E-state index contributed by atoms with van der Waals surface area (Å²) in [5.74, 6) is 0.0741. The molecule has 1 aromatic carbocycles. The number of H-pyrrole nitrogens is 1. The number of amides is 1. The Morgan fingerprint density at radius 2 is 2.20 bits per heavy atom. The SMILES string of the molecule is CCC(C)C(O)CNC(=O)Cc1[nH]nc2ccccc12. The van der Waals surface area contributed by atoms with Crippen molar-refractivity contribution in [2.24, 2.45) is 5.92 Å². The van der Waals surface area contributed by atoms with Crippen LogP contribution in [0, 0.1) is 5.92 Å². The number of nitrogens with zero attached hydrogens (tertiary/aromatic N) is 1. The molecule has 0 aliphatic rings. The lowest BCUT2D eigenvalue weighted by molar-refractivity contribution is -0.121. The average molecular weight is 275 g/mol. The van der Waals surface area contributed by atoms with Crippen LogP contribution in [0.1, 0.15) is 26.0 Å². The van der Waals surface area contributed by atoms with Crippen molar-refractivity contribution in [3.05, 3.63) is 30.0 Å². The lowest BCUT2D eigenvalue weighted by Gasteiger charge is -2.17. The summed E-state index contributed by atoms with van der Waals surface area (Å²) in [4.78, 5) is 11.9. The number of aromatic amines is 1. The van der Waals surface area contributed by atoms with E-state index in [9.17, 15) is 9.90 Å². The second-order valence-electron chi connectivity index (χ2n) is 5.15. The molecule has 0 spiro atoms. The van der Waals surface area contributed by atoms with Crippen molar-refractivity contribution in [3.8, 4) is 0 Å². The molecule has 5 nitrogen and oxygen atoms in total. The summed E-state index contributed by atoms with van der Waals surface area (Å²) >= 11 is 0. The number of fused-ring (bicyclic) bond motifs is 1. The fourth-order valence-electron chi connectivity index (χ4n) is 2.06. The molecule has 3 N–H and O–H groups in total. The number of hydrogen-bond donors (Lipinski definition) is 3. The highest BCUT2D eigenvalue weighted by Crippen LogP contribution is 2.15. The summed E-state index contributed by atoms with van der Waals surface area (Å²) in [6.45, 7) is 4.28. The van der Waals surface area contributed by atoms with E-state index in [4.69, 9.17) is 0 Å². The Kier molecular flexibility index (Phi) is 4.74. The van der Waals surface area contributed by atoms with Gasteiger partial charge in [0.15, 0.2) is 0 Å². The highest BCUT2D eigenvalue weighted by atomic mass is 16.3. The van der Waals surface area contributed by atoms with Gasteiger partial charge in [-0.3, -0.25) is 9.89 Å². The number of carbonyl (C=O) groups is 1. The number of carbonyl (C=O) groups excluding carboxylic acids is 1. The van der Waals surface area contributed by atoms with Crippen molar-refractivity contribution >= 4 is 16.8 Å². The molecule has 0 bridgehead atoms. The summed E-state index contributed by atoms with van der Waals surface area (Å²) < 4.78 is 0. The largest absolute Gasteiger partial charge is 0.391 e. The normalized spacial score (nSPS) is 14.2. The van der Waals surface area contributed by atoms with Gasteiger partial charge >= 0.3 is 0 Å². The van der Waals surface area contributed by atoms with Gasteiger partial charge in [-0.15, -0.1) is 0 Å². The lowest BCUT2D eigenvalue weighted by atomic mass is 10.0. The first-order valence-corrected chi connectivity index (χ1v) is 6.98. The van der Waals surface area contributed by atoms with Crippen LogP contribution in [0.25, 0.3) is 10.9 Å². The Morgan fingerprint density at radius 1 is 1.45 bits per heavy atom. The molecule has 20 heavy (non-hydrogen) atoms. The summed E-state index contributed by atoms with van der Waals surface area (Å²) in [5.41, 5.74) is 1.66. The van der Waals surface area contributed by atoms with E-state index in [1.165, 1.54) is 0 Å². The van der Waals surface area contributed by atoms with E-state index in [-0.39, 0.29) is 18.2 Å². The van der Waals surface area contributed by atoms with E-state index in [2.05, 4.69) is 15.5 Å². The molecular weight excluding hydrogens is 254 g/mol. The molecule has 1 amide bonds. The van der Waals surface area contributed by atoms with Crippen LogP contribution in [0.2, 0.25) is 0 Å². The standard InChI is InChI=1S/C15H21N3O2/c1-3-10(2)14(19)9-16-15(20)8-13-11-6-4-5-7-12(11)17-18-13/h4-7,10,14,19H,3,8-9H2,1-2H3,(H,16,20)(H,17,18). The quantitative estimate of drug-likeness (QED) is 0.749. The fourth-order valence-corrected chi connectivity index (χ4v) is 2.06. The minimum atomic E-state index is -0.498. The molecule has 1 aromatic heterocycles. The van der Waals surface area contributed by atoms with Crippen LogP contribution >= 0.6 is 0 Å². The zero-order valence-electron chi connectivity index (χ0n) is 11.9. The van der Waals surface area contributed by atoms with Gasteiger partial charge in [-0.25, -0.2) is 0 Å².